The van der Waals surface area contributed by atoms with Crippen LogP contribution in [-0.4, -0.2) is 24.2 Å². The van der Waals surface area contributed by atoms with Crippen molar-refractivity contribution in [1.82, 2.24) is 4.90 Å². The van der Waals surface area contributed by atoms with Crippen molar-refractivity contribution in [3.8, 4) is 5.75 Å². The SMILES string of the molecule is C=CCc1c(OC(=S)N(C)C)ccc2ccc(=O)oc12. The largest absolute Gasteiger partial charge is 0.431 e. The molecule has 0 spiro atoms. The first kappa shape index (κ1) is 14.3. The number of ether oxygens (including phenoxy) is 1. The highest BCUT2D eigenvalue weighted by Crippen LogP contribution is 2.28. The van der Waals surface area contributed by atoms with Gasteiger partial charge in [0.05, 0.1) is 0 Å². The smallest absolute Gasteiger partial charge is 0.336 e. The fourth-order valence-corrected chi connectivity index (χ4v) is 1.88. The van der Waals surface area contributed by atoms with Crippen molar-refractivity contribution in [1.29, 1.82) is 0 Å². The molecule has 0 N–H and O–H groups in total. The van der Waals surface area contributed by atoms with Gasteiger partial charge >= 0.3 is 5.63 Å². The second-order valence-corrected chi connectivity index (χ2v) is 4.82. The van der Waals surface area contributed by atoms with Gasteiger partial charge in [0.25, 0.3) is 5.17 Å². The number of nitrogens with zero attached hydrogens (tertiary/aromatic N) is 1. The minimum atomic E-state index is -0.393. The van der Waals surface area contributed by atoms with Crippen molar-refractivity contribution in [3.63, 3.8) is 0 Å². The molecule has 0 aliphatic carbocycles. The Morgan fingerprint density at radius 3 is 2.75 bits per heavy atom. The van der Waals surface area contributed by atoms with Gasteiger partial charge in [0.15, 0.2) is 0 Å². The average molecular weight is 289 g/mol. The number of hydrogen-bond donors (Lipinski definition) is 0. The first-order chi connectivity index (χ1) is 9.52. The molecular weight excluding hydrogens is 274 g/mol. The predicted octanol–water partition coefficient (Wildman–Crippen LogP) is 2.75. The highest BCUT2D eigenvalue weighted by Gasteiger charge is 2.13. The molecule has 0 fully saturated rings. The van der Waals surface area contributed by atoms with Gasteiger partial charge in [-0.3, -0.25) is 0 Å². The zero-order valence-electron chi connectivity index (χ0n) is 11.4. The van der Waals surface area contributed by atoms with Crippen LogP contribution < -0.4 is 10.4 Å². The third-order valence-electron chi connectivity index (χ3n) is 2.76. The van der Waals surface area contributed by atoms with E-state index in [1.165, 1.54) is 6.07 Å². The van der Waals surface area contributed by atoms with Crippen LogP contribution in [-0.2, 0) is 6.42 Å². The number of thiocarbonyl (C=S) groups is 1. The van der Waals surface area contributed by atoms with Crippen LogP contribution >= 0.6 is 12.2 Å². The van der Waals surface area contributed by atoms with Crippen LogP contribution in [0, 0.1) is 0 Å². The fraction of sp³-hybridized carbons (Fsp3) is 0.200. The van der Waals surface area contributed by atoms with E-state index in [2.05, 4.69) is 6.58 Å². The standard InChI is InChI=1S/C15H15NO3S/c1-4-5-11-12(18-15(20)16(2)3)8-6-10-7-9-13(17)19-14(10)11/h4,6-9H,1,5H2,2-3H3. The van der Waals surface area contributed by atoms with Crippen LogP contribution in [0.15, 0.2) is 46.1 Å². The Morgan fingerprint density at radius 2 is 2.10 bits per heavy atom. The van der Waals surface area contributed by atoms with Crippen molar-refractivity contribution < 1.29 is 9.15 Å². The van der Waals surface area contributed by atoms with Gasteiger partial charge in [-0.25, -0.2) is 4.79 Å². The molecule has 0 aliphatic heterocycles. The van der Waals surface area contributed by atoms with Crippen LogP contribution in [0.2, 0.25) is 0 Å². The Kier molecular flexibility index (Phi) is 4.20. The van der Waals surface area contributed by atoms with E-state index in [-0.39, 0.29) is 0 Å². The van der Waals surface area contributed by atoms with E-state index >= 15 is 0 Å². The molecule has 5 heteroatoms. The summed E-state index contributed by atoms with van der Waals surface area (Å²) in [6.45, 7) is 3.72. The Labute approximate surface area is 122 Å². The van der Waals surface area contributed by atoms with Crippen molar-refractivity contribution >= 4 is 28.4 Å². The summed E-state index contributed by atoms with van der Waals surface area (Å²) in [7, 11) is 3.60. The molecule has 0 atom stereocenters. The number of allylic oxidation sites excluding steroid dienone is 1. The molecule has 2 aromatic rings. The molecule has 0 saturated carbocycles. The summed E-state index contributed by atoms with van der Waals surface area (Å²) in [5.74, 6) is 0.574. The normalized spacial score (nSPS) is 10.3. The first-order valence-electron chi connectivity index (χ1n) is 6.08. The third kappa shape index (κ3) is 2.88. The van der Waals surface area contributed by atoms with Crippen LogP contribution in [0.4, 0.5) is 0 Å². The van der Waals surface area contributed by atoms with E-state index in [4.69, 9.17) is 21.4 Å². The highest BCUT2D eigenvalue weighted by molar-refractivity contribution is 7.80. The van der Waals surface area contributed by atoms with Gasteiger partial charge in [-0.1, -0.05) is 6.08 Å². The van der Waals surface area contributed by atoms with Crippen molar-refractivity contribution in [2.75, 3.05) is 14.1 Å². The molecule has 1 aromatic carbocycles. The molecule has 0 radical (unpaired) electrons. The van der Waals surface area contributed by atoms with Crippen LogP contribution in [0.3, 0.4) is 0 Å². The summed E-state index contributed by atoms with van der Waals surface area (Å²) in [6.07, 6.45) is 2.25. The quantitative estimate of drug-likeness (QED) is 0.494. The zero-order valence-corrected chi connectivity index (χ0v) is 12.2. The van der Waals surface area contributed by atoms with Gasteiger partial charge in [0.1, 0.15) is 11.3 Å². The monoisotopic (exact) mass is 289 g/mol. The molecule has 0 bridgehead atoms. The van der Waals surface area contributed by atoms with Gasteiger partial charge in [0, 0.05) is 31.1 Å². The number of benzene rings is 1. The molecule has 1 heterocycles. The summed E-state index contributed by atoms with van der Waals surface area (Å²) in [5.41, 5.74) is 0.881. The Balaban J connectivity index is 2.59. The van der Waals surface area contributed by atoms with Gasteiger partial charge in [-0.05, 0) is 36.8 Å². The van der Waals surface area contributed by atoms with Crippen molar-refractivity contribution in [2.45, 2.75) is 6.42 Å². The van der Waals surface area contributed by atoms with E-state index in [1.807, 2.05) is 12.1 Å². The summed E-state index contributed by atoms with van der Waals surface area (Å²) in [5, 5.41) is 1.18. The maximum atomic E-state index is 11.4. The maximum Gasteiger partial charge on any atom is 0.336 e. The summed E-state index contributed by atoms with van der Waals surface area (Å²) < 4.78 is 10.9. The topological polar surface area (TPSA) is 42.7 Å². The van der Waals surface area contributed by atoms with E-state index in [0.717, 1.165) is 10.9 Å². The summed E-state index contributed by atoms with van der Waals surface area (Å²) >= 11 is 5.14. The number of fused-ring (bicyclic) bond motifs is 1. The van der Waals surface area contributed by atoms with Gasteiger partial charge < -0.3 is 14.1 Å². The lowest BCUT2D eigenvalue weighted by Crippen LogP contribution is -2.25. The lowest BCUT2D eigenvalue weighted by Gasteiger charge is -2.16. The van der Waals surface area contributed by atoms with E-state index in [1.54, 1.807) is 31.1 Å². The van der Waals surface area contributed by atoms with Crippen LogP contribution in [0.1, 0.15) is 5.56 Å². The lowest BCUT2D eigenvalue weighted by molar-refractivity contribution is 0.445. The maximum absolute atomic E-state index is 11.4. The Hall–Kier alpha value is -2.14. The van der Waals surface area contributed by atoms with E-state index in [0.29, 0.717) is 22.9 Å². The molecular formula is C15H15NO3S. The van der Waals surface area contributed by atoms with Crippen LogP contribution in [0.5, 0.6) is 5.75 Å². The summed E-state index contributed by atoms with van der Waals surface area (Å²) in [6, 6.07) is 6.77. The third-order valence-corrected chi connectivity index (χ3v) is 3.21. The van der Waals surface area contributed by atoms with Crippen LogP contribution in [0.25, 0.3) is 11.0 Å². The van der Waals surface area contributed by atoms with Gasteiger partial charge in [0.2, 0.25) is 0 Å². The van der Waals surface area contributed by atoms with E-state index in [9.17, 15) is 4.79 Å². The number of hydrogen-bond acceptors (Lipinski definition) is 4. The molecule has 0 aliphatic rings. The number of rotatable bonds is 3. The molecule has 2 rings (SSSR count). The summed E-state index contributed by atoms with van der Waals surface area (Å²) in [4.78, 5) is 13.1. The Bertz CT molecular complexity index is 719. The molecule has 0 saturated heterocycles. The second-order valence-electron chi connectivity index (χ2n) is 4.47. The van der Waals surface area contributed by atoms with Crippen molar-refractivity contribution in [2.24, 2.45) is 0 Å². The Morgan fingerprint density at radius 1 is 1.40 bits per heavy atom. The van der Waals surface area contributed by atoms with Crippen molar-refractivity contribution in [3.05, 3.63) is 52.9 Å². The first-order valence-corrected chi connectivity index (χ1v) is 6.49. The van der Waals surface area contributed by atoms with Gasteiger partial charge in [-0.2, -0.15) is 0 Å². The fourth-order valence-electron chi connectivity index (χ4n) is 1.79. The molecule has 1 aromatic heterocycles. The molecule has 0 unspecified atom stereocenters. The molecule has 20 heavy (non-hydrogen) atoms. The molecule has 104 valence electrons. The predicted molar refractivity (Wildman–Crippen MR) is 83.3 cm³/mol. The van der Waals surface area contributed by atoms with E-state index < -0.39 is 5.63 Å². The second kappa shape index (κ2) is 5.88. The molecule has 4 nitrogen and oxygen atoms in total. The minimum Gasteiger partial charge on any atom is -0.431 e. The average Bonchev–Trinajstić information content (AvgIpc) is 2.41. The van der Waals surface area contributed by atoms with Gasteiger partial charge in [-0.15, -0.1) is 6.58 Å². The highest BCUT2D eigenvalue weighted by atomic mass is 32.1. The zero-order chi connectivity index (χ0) is 14.7. The molecule has 0 amide bonds. The lowest BCUT2D eigenvalue weighted by atomic mass is 10.1. The minimum absolute atomic E-state index is 0.341.